The highest BCUT2D eigenvalue weighted by atomic mass is 16.1. The summed E-state index contributed by atoms with van der Waals surface area (Å²) in [4.78, 5) is 24.6. The summed E-state index contributed by atoms with van der Waals surface area (Å²) in [5.74, 6) is 0.588. The van der Waals surface area contributed by atoms with E-state index >= 15 is 0 Å². The van der Waals surface area contributed by atoms with Crippen LogP contribution < -0.4 is 16.2 Å². The molecule has 2 aromatic rings. The molecule has 0 bridgehead atoms. The number of rotatable bonds is 6. The minimum atomic E-state index is -0.00136. The summed E-state index contributed by atoms with van der Waals surface area (Å²) >= 11 is 0. The van der Waals surface area contributed by atoms with Gasteiger partial charge in [-0.15, -0.1) is 0 Å². The number of hydrogen-bond acceptors (Lipinski definition) is 6. The molecule has 0 saturated carbocycles. The Labute approximate surface area is 159 Å². The van der Waals surface area contributed by atoms with Crippen molar-refractivity contribution in [2.45, 2.75) is 19.5 Å². The van der Waals surface area contributed by atoms with Gasteiger partial charge in [0.05, 0.1) is 5.69 Å². The zero-order valence-electron chi connectivity index (χ0n) is 15.7. The molecule has 1 fully saturated rings. The lowest BCUT2D eigenvalue weighted by molar-refractivity contribution is 0.130. The highest BCUT2D eigenvalue weighted by Crippen LogP contribution is 2.10. The third kappa shape index (κ3) is 4.74. The van der Waals surface area contributed by atoms with E-state index in [-0.39, 0.29) is 5.56 Å². The average Bonchev–Trinajstić information content (AvgIpc) is 2.70. The number of hydrogen-bond donors (Lipinski definition) is 3. The van der Waals surface area contributed by atoms with Crippen LogP contribution >= 0.6 is 0 Å². The normalized spacial score (nSPS) is 18.2. The maximum absolute atomic E-state index is 12.2. The number of anilines is 1. The number of aromatic nitrogens is 2. The number of H-pyrrole nitrogens is 1. The third-order valence-corrected chi connectivity index (χ3v) is 5.38. The number of piperazine rings is 1. The van der Waals surface area contributed by atoms with Crippen molar-refractivity contribution < 1.29 is 0 Å². The van der Waals surface area contributed by atoms with Crippen molar-refractivity contribution in [2.75, 3.05) is 51.1 Å². The van der Waals surface area contributed by atoms with Crippen LogP contribution in [0.25, 0.3) is 0 Å². The van der Waals surface area contributed by atoms with Crippen molar-refractivity contribution in [1.29, 1.82) is 0 Å². The van der Waals surface area contributed by atoms with Crippen LogP contribution in [0.5, 0.6) is 0 Å². The maximum atomic E-state index is 12.2. The fourth-order valence-electron chi connectivity index (χ4n) is 3.80. The molecule has 0 amide bonds. The molecule has 7 nitrogen and oxygen atoms in total. The first-order valence-corrected chi connectivity index (χ1v) is 9.83. The van der Waals surface area contributed by atoms with Crippen molar-refractivity contribution in [3.63, 3.8) is 0 Å². The first-order chi connectivity index (χ1) is 13.3. The molecule has 2 aliphatic rings. The van der Waals surface area contributed by atoms with Crippen molar-refractivity contribution in [3.8, 4) is 0 Å². The molecule has 7 heteroatoms. The van der Waals surface area contributed by atoms with Crippen LogP contribution in [0.2, 0.25) is 0 Å². The Bertz CT molecular complexity index is 798. The molecular weight excluding hydrogens is 340 g/mol. The molecule has 0 unspecified atom stereocenters. The zero-order chi connectivity index (χ0) is 18.5. The van der Waals surface area contributed by atoms with E-state index in [1.807, 2.05) is 0 Å². The Morgan fingerprint density at radius 1 is 1.07 bits per heavy atom. The highest BCUT2D eigenvalue weighted by molar-refractivity contribution is 5.31. The number of aromatic amines is 1. The Morgan fingerprint density at radius 2 is 1.85 bits per heavy atom. The predicted octanol–water partition coefficient (Wildman–Crippen LogP) is 0.645. The quantitative estimate of drug-likeness (QED) is 0.695. The Kier molecular flexibility index (Phi) is 5.81. The van der Waals surface area contributed by atoms with Gasteiger partial charge >= 0.3 is 0 Å². The van der Waals surface area contributed by atoms with Crippen LogP contribution in [0.3, 0.4) is 0 Å². The van der Waals surface area contributed by atoms with Crippen LogP contribution in [-0.2, 0) is 19.5 Å². The summed E-state index contributed by atoms with van der Waals surface area (Å²) in [6.07, 6.45) is 0.755. The Balaban J connectivity index is 1.22. The lowest BCUT2D eigenvalue weighted by atomic mass is 10.1. The second-order valence-electron chi connectivity index (χ2n) is 7.30. The maximum Gasteiger partial charge on any atom is 0.255 e. The van der Waals surface area contributed by atoms with Crippen LogP contribution in [0, 0.1) is 0 Å². The second kappa shape index (κ2) is 8.65. The van der Waals surface area contributed by atoms with E-state index in [9.17, 15) is 4.79 Å². The number of nitrogens with one attached hydrogen (secondary N) is 3. The minimum absolute atomic E-state index is 0.00136. The van der Waals surface area contributed by atoms with Gasteiger partial charge in [0, 0.05) is 57.9 Å². The predicted molar refractivity (Wildman–Crippen MR) is 107 cm³/mol. The van der Waals surface area contributed by atoms with E-state index in [1.54, 1.807) is 0 Å². The topological polar surface area (TPSA) is 76.3 Å². The molecule has 0 spiro atoms. The molecule has 27 heavy (non-hydrogen) atoms. The first-order valence-electron chi connectivity index (χ1n) is 9.83. The van der Waals surface area contributed by atoms with Gasteiger partial charge in [-0.3, -0.25) is 19.6 Å². The fourth-order valence-corrected chi connectivity index (χ4v) is 3.80. The lowest BCUT2D eigenvalue weighted by Gasteiger charge is -2.34. The molecular formula is C20H28N6O. The summed E-state index contributed by atoms with van der Waals surface area (Å²) in [6, 6.07) is 10.7. The van der Waals surface area contributed by atoms with Crippen molar-refractivity contribution in [1.82, 2.24) is 25.1 Å². The van der Waals surface area contributed by atoms with Crippen molar-refractivity contribution in [2.24, 2.45) is 0 Å². The molecule has 1 aromatic heterocycles. The Hall–Kier alpha value is -2.22. The van der Waals surface area contributed by atoms with Crippen molar-refractivity contribution >= 4 is 5.95 Å². The molecule has 0 aliphatic carbocycles. The number of benzene rings is 1. The SMILES string of the molecule is O=c1[nH]c(NCCN2CCN(Cc3ccccc3)CC2)nc2c1CCNC2. The summed E-state index contributed by atoms with van der Waals surface area (Å²) in [5.41, 5.74) is 3.08. The van der Waals surface area contributed by atoms with Crippen LogP contribution in [-0.4, -0.2) is 65.6 Å². The van der Waals surface area contributed by atoms with Gasteiger partial charge < -0.3 is 10.6 Å². The summed E-state index contributed by atoms with van der Waals surface area (Å²) in [5, 5.41) is 6.55. The van der Waals surface area contributed by atoms with E-state index in [2.05, 4.69) is 60.7 Å². The molecule has 0 radical (unpaired) electrons. The van der Waals surface area contributed by atoms with Gasteiger partial charge in [-0.25, -0.2) is 4.98 Å². The van der Waals surface area contributed by atoms with E-state index in [4.69, 9.17) is 0 Å². The minimum Gasteiger partial charge on any atom is -0.354 e. The molecule has 0 atom stereocenters. The van der Waals surface area contributed by atoms with Gasteiger partial charge in [0.1, 0.15) is 0 Å². The second-order valence-corrected chi connectivity index (χ2v) is 7.30. The first kappa shape index (κ1) is 18.2. The van der Waals surface area contributed by atoms with E-state index in [0.717, 1.165) is 70.0 Å². The smallest absolute Gasteiger partial charge is 0.255 e. The van der Waals surface area contributed by atoms with E-state index in [1.165, 1.54) is 5.56 Å². The van der Waals surface area contributed by atoms with E-state index in [0.29, 0.717) is 12.5 Å². The van der Waals surface area contributed by atoms with Crippen molar-refractivity contribution in [3.05, 3.63) is 57.5 Å². The van der Waals surface area contributed by atoms with Crippen LogP contribution in [0.15, 0.2) is 35.1 Å². The van der Waals surface area contributed by atoms with Crippen LogP contribution in [0.4, 0.5) is 5.95 Å². The highest BCUT2D eigenvalue weighted by Gasteiger charge is 2.17. The summed E-state index contributed by atoms with van der Waals surface area (Å²) < 4.78 is 0. The zero-order valence-corrected chi connectivity index (χ0v) is 15.7. The number of fused-ring (bicyclic) bond motifs is 1. The standard InChI is InChI=1S/C20H28N6O/c27-19-17-6-7-21-14-18(17)23-20(24-19)22-8-9-25-10-12-26(13-11-25)15-16-4-2-1-3-5-16/h1-5,21H,6-15H2,(H2,22,23,24,27). The van der Waals surface area contributed by atoms with Gasteiger partial charge in [-0.2, -0.15) is 0 Å². The molecule has 1 saturated heterocycles. The monoisotopic (exact) mass is 368 g/mol. The van der Waals surface area contributed by atoms with Gasteiger partial charge in [0.25, 0.3) is 5.56 Å². The summed E-state index contributed by atoms with van der Waals surface area (Å²) in [6.45, 7) is 8.63. The van der Waals surface area contributed by atoms with Gasteiger partial charge in [-0.05, 0) is 18.5 Å². The van der Waals surface area contributed by atoms with Gasteiger partial charge in [0.15, 0.2) is 0 Å². The fraction of sp³-hybridized carbons (Fsp3) is 0.500. The van der Waals surface area contributed by atoms with E-state index < -0.39 is 0 Å². The molecule has 4 rings (SSSR count). The molecule has 1 aromatic carbocycles. The summed E-state index contributed by atoms with van der Waals surface area (Å²) in [7, 11) is 0. The lowest BCUT2D eigenvalue weighted by Crippen LogP contribution is -2.47. The molecule has 3 N–H and O–H groups in total. The third-order valence-electron chi connectivity index (χ3n) is 5.38. The molecule has 144 valence electrons. The van der Waals surface area contributed by atoms with Gasteiger partial charge in [0.2, 0.25) is 5.95 Å². The Morgan fingerprint density at radius 3 is 2.67 bits per heavy atom. The largest absolute Gasteiger partial charge is 0.354 e. The van der Waals surface area contributed by atoms with Crippen LogP contribution in [0.1, 0.15) is 16.8 Å². The van der Waals surface area contributed by atoms with Gasteiger partial charge in [-0.1, -0.05) is 30.3 Å². The number of nitrogens with zero attached hydrogens (tertiary/aromatic N) is 3. The molecule has 2 aliphatic heterocycles. The molecule has 3 heterocycles. The average molecular weight is 368 g/mol.